The molecule has 4 rings (SSSR count). The number of aromatic nitrogens is 2. The van der Waals surface area contributed by atoms with E-state index in [1.807, 2.05) is 24.3 Å². The molecule has 0 saturated carbocycles. The summed E-state index contributed by atoms with van der Waals surface area (Å²) >= 11 is 0. The van der Waals surface area contributed by atoms with Gasteiger partial charge < -0.3 is 20.4 Å². The van der Waals surface area contributed by atoms with Crippen LogP contribution in [0.4, 0.5) is 5.69 Å². The van der Waals surface area contributed by atoms with E-state index in [1.54, 1.807) is 50.6 Å². The van der Waals surface area contributed by atoms with Gasteiger partial charge in [-0.05, 0) is 43.3 Å². The fraction of sp³-hybridized carbons (Fsp3) is 0.136. The van der Waals surface area contributed by atoms with Crippen LogP contribution in [-0.4, -0.2) is 34.9 Å². The molecule has 7 nitrogen and oxygen atoms in total. The third kappa shape index (κ3) is 3.75. The molecule has 2 aromatic carbocycles. The number of carbonyl (C=O) groups excluding carboxylic acids is 2. The van der Waals surface area contributed by atoms with E-state index in [2.05, 4.69) is 20.6 Å². The molecule has 0 spiro atoms. The maximum Gasteiger partial charge on any atom is 0.270 e. The minimum atomic E-state index is -0.731. The van der Waals surface area contributed by atoms with Gasteiger partial charge in [-0.3, -0.25) is 9.59 Å². The molecular weight excluding hydrogens is 368 g/mol. The highest BCUT2D eigenvalue weighted by atomic mass is 16.5. The van der Waals surface area contributed by atoms with Crippen molar-refractivity contribution >= 4 is 39.3 Å². The van der Waals surface area contributed by atoms with E-state index in [9.17, 15) is 9.59 Å². The van der Waals surface area contributed by atoms with Crippen molar-refractivity contribution in [3.05, 3.63) is 66.5 Å². The average Bonchev–Trinajstić information content (AvgIpc) is 3.12. The molecule has 2 aromatic heterocycles. The van der Waals surface area contributed by atoms with Crippen LogP contribution in [0.2, 0.25) is 0 Å². The van der Waals surface area contributed by atoms with E-state index in [1.165, 1.54) is 0 Å². The number of H-pyrrole nitrogens is 1. The zero-order valence-electron chi connectivity index (χ0n) is 16.0. The molecule has 2 heterocycles. The number of fused-ring (bicyclic) bond motifs is 3. The maximum atomic E-state index is 12.6. The van der Waals surface area contributed by atoms with Crippen LogP contribution in [0.15, 0.2) is 60.8 Å². The molecule has 0 saturated heterocycles. The number of amides is 2. The van der Waals surface area contributed by atoms with Crippen LogP contribution in [0.5, 0.6) is 5.75 Å². The minimum Gasteiger partial charge on any atom is -0.497 e. The summed E-state index contributed by atoms with van der Waals surface area (Å²) in [5.41, 5.74) is 2.71. The van der Waals surface area contributed by atoms with E-state index >= 15 is 0 Å². The van der Waals surface area contributed by atoms with Gasteiger partial charge in [0, 0.05) is 22.0 Å². The lowest BCUT2D eigenvalue weighted by Gasteiger charge is -2.14. The predicted octanol–water partition coefficient (Wildman–Crippen LogP) is 3.48. The Labute approximate surface area is 167 Å². The summed E-state index contributed by atoms with van der Waals surface area (Å²) in [5, 5.41) is 7.39. The van der Waals surface area contributed by atoms with Gasteiger partial charge in [0.1, 0.15) is 17.5 Å². The number of rotatable bonds is 5. The van der Waals surface area contributed by atoms with Gasteiger partial charge in [-0.15, -0.1) is 0 Å². The Kier molecular flexibility index (Phi) is 4.87. The minimum absolute atomic E-state index is 0.256. The first-order valence-electron chi connectivity index (χ1n) is 9.17. The maximum absolute atomic E-state index is 12.6. The summed E-state index contributed by atoms with van der Waals surface area (Å²) < 4.78 is 5.10. The molecule has 7 heteroatoms. The van der Waals surface area contributed by atoms with Crippen molar-refractivity contribution in [2.75, 3.05) is 12.4 Å². The van der Waals surface area contributed by atoms with E-state index < -0.39 is 11.9 Å². The molecule has 0 aliphatic rings. The van der Waals surface area contributed by atoms with Gasteiger partial charge in [0.05, 0.1) is 18.8 Å². The number of benzene rings is 2. The Morgan fingerprint density at radius 2 is 1.79 bits per heavy atom. The summed E-state index contributed by atoms with van der Waals surface area (Å²) in [6, 6.07) is 15.8. The monoisotopic (exact) mass is 388 g/mol. The average molecular weight is 388 g/mol. The lowest BCUT2D eigenvalue weighted by molar-refractivity contribution is -0.117. The van der Waals surface area contributed by atoms with Crippen LogP contribution in [0.25, 0.3) is 21.8 Å². The van der Waals surface area contributed by atoms with Crippen LogP contribution < -0.4 is 15.4 Å². The Hall–Kier alpha value is -3.87. The van der Waals surface area contributed by atoms with E-state index in [0.717, 1.165) is 21.8 Å². The summed E-state index contributed by atoms with van der Waals surface area (Å²) in [6.07, 6.45) is 1.63. The molecule has 0 bridgehead atoms. The van der Waals surface area contributed by atoms with Gasteiger partial charge in [-0.25, -0.2) is 4.98 Å². The first-order valence-corrected chi connectivity index (χ1v) is 9.17. The van der Waals surface area contributed by atoms with Crippen molar-refractivity contribution < 1.29 is 14.3 Å². The van der Waals surface area contributed by atoms with Gasteiger partial charge in [0.15, 0.2) is 0 Å². The number of para-hydroxylation sites is 1. The van der Waals surface area contributed by atoms with Gasteiger partial charge in [-0.1, -0.05) is 18.2 Å². The number of nitrogens with one attached hydrogen (secondary N) is 3. The number of anilines is 1. The number of methoxy groups -OCH3 is 1. The van der Waals surface area contributed by atoms with Crippen molar-refractivity contribution in [1.29, 1.82) is 0 Å². The first-order chi connectivity index (χ1) is 14.0. The van der Waals surface area contributed by atoms with Crippen molar-refractivity contribution in [1.82, 2.24) is 15.3 Å². The fourth-order valence-corrected chi connectivity index (χ4v) is 3.14. The molecule has 0 aliphatic carbocycles. The molecule has 1 unspecified atom stereocenters. The summed E-state index contributed by atoms with van der Waals surface area (Å²) in [6.45, 7) is 1.63. The third-order valence-electron chi connectivity index (χ3n) is 4.72. The highest BCUT2D eigenvalue weighted by Crippen LogP contribution is 2.25. The van der Waals surface area contributed by atoms with Crippen LogP contribution >= 0.6 is 0 Å². The molecule has 146 valence electrons. The normalized spacial score (nSPS) is 11.9. The largest absolute Gasteiger partial charge is 0.497 e. The van der Waals surface area contributed by atoms with E-state index in [-0.39, 0.29) is 11.6 Å². The summed E-state index contributed by atoms with van der Waals surface area (Å²) in [7, 11) is 1.58. The fourth-order valence-electron chi connectivity index (χ4n) is 3.14. The number of nitrogens with zero attached hydrogens (tertiary/aromatic N) is 1. The molecule has 4 aromatic rings. The molecule has 1 atom stereocenters. The Balaban J connectivity index is 1.47. The molecular formula is C22H20N4O3. The summed E-state index contributed by atoms with van der Waals surface area (Å²) in [4.78, 5) is 32.5. The van der Waals surface area contributed by atoms with Crippen molar-refractivity contribution in [2.24, 2.45) is 0 Å². The van der Waals surface area contributed by atoms with Crippen LogP contribution in [0.1, 0.15) is 17.4 Å². The Morgan fingerprint density at radius 3 is 2.55 bits per heavy atom. The number of hydrogen-bond acceptors (Lipinski definition) is 4. The van der Waals surface area contributed by atoms with Crippen LogP contribution in [0, 0.1) is 0 Å². The van der Waals surface area contributed by atoms with E-state index in [0.29, 0.717) is 11.4 Å². The van der Waals surface area contributed by atoms with Crippen molar-refractivity contribution in [2.45, 2.75) is 13.0 Å². The number of ether oxygens (including phenoxy) is 1. The number of carbonyl (C=O) groups is 2. The molecule has 0 aliphatic heterocycles. The number of aromatic amines is 1. The second-order valence-corrected chi connectivity index (χ2v) is 6.70. The van der Waals surface area contributed by atoms with Crippen LogP contribution in [0.3, 0.4) is 0 Å². The molecule has 0 fully saturated rings. The second-order valence-electron chi connectivity index (χ2n) is 6.70. The first kappa shape index (κ1) is 18.5. The topological polar surface area (TPSA) is 96.1 Å². The van der Waals surface area contributed by atoms with Gasteiger partial charge >= 0.3 is 0 Å². The zero-order valence-corrected chi connectivity index (χ0v) is 16.0. The smallest absolute Gasteiger partial charge is 0.270 e. The number of hydrogen-bond donors (Lipinski definition) is 3. The third-order valence-corrected chi connectivity index (χ3v) is 4.72. The quantitative estimate of drug-likeness (QED) is 0.488. The Morgan fingerprint density at radius 1 is 1.03 bits per heavy atom. The van der Waals surface area contributed by atoms with Crippen molar-refractivity contribution in [3.8, 4) is 5.75 Å². The number of pyridine rings is 1. The molecule has 29 heavy (non-hydrogen) atoms. The van der Waals surface area contributed by atoms with Gasteiger partial charge in [-0.2, -0.15) is 0 Å². The van der Waals surface area contributed by atoms with Crippen LogP contribution in [-0.2, 0) is 4.79 Å². The second kappa shape index (κ2) is 7.63. The van der Waals surface area contributed by atoms with Gasteiger partial charge in [0.2, 0.25) is 5.91 Å². The predicted molar refractivity (Wildman–Crippen MR) is 112 cm³/mol. The highest BCUT2D eigenvalue weighted by Gasteiger charge is 2.18. The van der Waals surface area contributed by atoms with E-state index in [4.69, 9.17) is 4.74 Å². The molecule has 0 radical (unpaired) electrons. The standard InChI is InChI=1S/C22H20N4O3/c1-13(21(27)25-14-7-9-15(29-2)10-8-14)24-22(28)19-11-17-16-5-3-4-6-18(16)26-20(17)12-23-19/h3-13,26H,1-2H3,(H,24,28)(H,25,27). The lowest BCUT2D eigenvalue weighted by Crippen LogP contribution is -2.41. The lowest BCUT2D eigenvalue weighted by atomic mass is 10.1. The zero-order chi connectivity index (χ0) is 20.4. The molecule has 3 N–H and O–H groups in total. The van der Waals surface area contributed by atoms with Crippen molar-refractivity contribution in [3.63, 3.8) is 0 Å². The summed E-state index contributed by atoms with van der Waals surface area (Å²) in [5.74, 6) is -0.0330. The highest BCUT2D eigenvalue weighted by molar-refractivity contribution is 6.09. The Bertz CT molecular complexity index is 1200. The van der Waals surface area contributed by atoms with Gasteiger partial charge in [0.25, 0.3) is 5.91 Å². The molecule has 2 amide bonds. The SMILES string of the molecule is COc1ccc(NC(=O)C(C)NC(=O)c2cc3c(cn2)[nH]c2ccccc23)cc1.